The minimum atomic E-state index is -5.90. The molecule has 2 aromatic rings. The van der Waals surface area contributed by atoms with E-state index in [1.165, 1.54) is 0 Å². The third-order valence-electron chi connectivity index (χ3n) is 5.51. The molecule has 8 nitrogen and oxygen atoms in total. The number of piperazine rings is 1. The van der Waals surface area contributed by atoms with Crippen molar-refractivity contribution in [1.29, 1.82) is 0 Å². The number of aromatic nitrogens is 1. The smallest absolute Gasteiger partial charge is 0.475 e. The number of alkyl halides is 12. The molecule has 20 heteroatoms. The highest BCUT2D eigenvalue weighted by molar-refractivity contribution is 5.73. The minimum absolute atomic E-state index is 0.415. The summed E-state index contributed by atoms with van der Waals surface area (Å²) in [5, 5.41) is 23.7. The summed E-state index contributed by atoms with van der Waals surface area (Å²) in [5.41, 5.74) is -5.20. The van der Waals surface area contributed by atoms with E-state index in [1.54, 1.807) is 18.3 Å². The Bertz CT molecular complexity index is 1180. The highest BCUT2D eigenvalue weighted by atomic mass is 19.4. The summed E-state index contributed by atoms with van der Waals surface area (Å²) in [7, 11) is 2.01. The molecule has 1 fully saturated rings. The van der Waals surface area contributed by atoms with Gasteiger partial charge in [-0.2, -0.15) is 52.7 Å². The van der Waals surface area contributed by atoms with E-state index in [2.05, 4.69) is 14.8 Å². The Morgan fingerprint density at radius 1 is 0.698 bits per heavy atom. The number of likely N-dealkylation sites (N-methyl/N-ethyl adjacent to an activating group) is 1. The van der Waals surface area contributed by atoms with Crippen LogP contribution in [0.3, 0.4) is 0 Å². The molecule has 242 valence electrons. The molecule has 1 aliphatic heterocycles. The number of carboxylic acids is 2. The number of hydrogen-bond donors (Lipinski definition) is 3. The van der Waals surface area contributed by atoms with Crippen molar-refractivity contribution >= 4 is 17.8 Å². The molecule has 1 aromatic heterocycles. The van der Waals surface area contributed by atoms with Crippen LogP contribution in [-0.2, 0) is 15.2 Å². The fraction of sp³-hybridized carbons (Fsp3) is 0.435. The molecular weight excluding hydrogens is 626 g/mol. The summed E-state index contributed by atoms with van der Waals surface area (Å²) >= 11 is 0. The molecule has 1 aromatic carbocycles. The zero-order valence-electron chi connectivity index (χ0n) is 21.4. The Labute approximate surface area is 233 Å². The molecular formula is C23H21F12N3O5. The predicted octanol–water partition coefficient (Wildman–Crippen LogP) is 5.08. The Hall–Kier alpha value is -3.81. The Kier molecular flexibility index (Phi) is 11.8. The van der Waals surface area contributed by atoms with Gasteiger partial charge in [-0.3, -0.25) is 0 Å². The summed E-state index contributed by atoms with van der Waals surface area (Å²) in [6.45, 7) is 3.23. The number of anilines is 1. The van der Waals surface area contributed by atoms with Crippen molar-refractivity contribution in [3.05, 3.63) is 48.2 Å². The lowest BCUT2D eigenvalue weighted by Crippen LogP contribution is -2.53. The van der Waals surface area contributed by atoms with E-state index in [0.29, 0.717) is 29.1 Å². The van der Waals surface area contributed by atoms with Crippen LogP contribution in [0.25, 0.3) is 11.1 Å². The van der Waals surface area contributed by atoms with E-state index in [0.717, 1.165) is 38.3 Å². The maximum absolute atomic E-state index is 13.0. The lowest BCUT2D eigenvalue weighted by Gasteiger charge is -2.33. The number of pyridine rings is 1. The molecule has 0 bridgehead atoms. The lowest BCUT2D eigenvalue weighted by molar-refractivity contribution is -0.376. The lowest BCUT2D eigenvalue weighted by atomic mass is 9.91. The predicted molar refractivity (Wildman–Crippen MR) is 123 cm³/mol. The number of carbonyl (C=O) groups is 2. The van der Waals surface area contributed by atoms with Gasteiger partial charge in [0.15, 0.2) is 0 Å². The highest BCUT2D eigenvalue weighted by Gasteiger charge is 2.71. The SMILES string of the molecule is CN1CCN(c2cc(-c3ccc(C(O)(C(F)(F)F)C(F)(F)F)cc3)ccn2)CC1.O=C(O)C(F)(F)F.O=C(O)C(F)(F)F. The van der Waals surface area contributed by atoms with Crippen LogP contribution in [0.15, 0.2) is 42.6 Å². The summed E-state index contributed by atoms with van der Waals surface area (Å²) in [5.74, 6) is -4.83. The summed E-state index contributed by atoms with van der Waals surface area (Å²) in [6, 6.07) is 6.90. The zero-order chi connectivity index (χ0) is 33.6. The van der Waals surface area contributed by atoms with E-state index in [1.807, 2.05) is 7.05 Å². The van der Waals surface area contributed by atoms with Gasteiger partial charge in [0.05, 0.1) is 0 Å². The van der Waals surface area contributed by atoms with E-state index in [4.69, 9.17) is 19.8 Å². The number of carboxylic acid groups (broad SMARTS) is 2. The number of aliphatic hydroxyl groups is 1. The molecule has 1 aliphatic rings. The van der Waals surface area contributed by atoms with Crippen LogP contribution in [0, 0.1) is 0 Å². The summed E-state index contributed by atoms with van der Waals surface area (Å²) < 4.78 is 142. The molecule has 43 heavy (non-hydrogen) atoms. The van der Waals surface area contributed by atoms with E-state index in [9.17, 15) is 57.8 Å². The average Bonchev–Trinajstić information content (AvgIpc) is 2.87. The standard InChI is InChI=1S/C19H19F6N3O.2C2HF3O2/c1-27-8-10-28(11-9-27)16-12-14(6-7-26-16)13-2-4-15(5-3-13)17(29,18(20,21)22)19(23,24)25;2*3-2(4,5)1(6)7/h2-7,12,29H,8-11H2,1H3;2*(H,6,7). The zero-order valence-corrected chi connectivity index (χ0v) is 21.4. The van der Waals surface area contributed by atoms with Gasteiger partial charge in [-0.25, -0.2) is 14.6 Å². The molecule has 3 N–H and O–H groups in total. The molecule has 0 amide bonds. The average molecular weight is 647 g/mol. The van der Waals surface area contributed by atoms with Crippen LogP contribution in [0.5, 0.6) is 0 Å². The van der Waals surface area contributed by atoms with Gasteiger partial charge in [0.1, 0.15) is 5.82 Å². The third-order valence-corrected chi connectivity index (χ3v) is 5.51. The van der Waals surface area contributed by atoms with Crippen molar-refractivity contribution in [2.45, 2.75) is 30.3 Å². The van der Waals surface area contributed by atoms with Gasteiger partial charge in [-0.05, 0) is 30.3 Å². The molecule has 0 radical (unpaired) electrons. The second-order valence-electron chi connectivity index (χ2n) is 8.58. The van der Waals surface area contributed by atoms with Crippen molar-refractivity contribution < 1.29 is 77.6 Å². The molecule has 0 atom stereocenters. The van der Waals surface area contributed by atoms with Gasteiger partial charge in [-0.1, -0.05) is 24.3 Å². The molecule has 1 saturated heterocycles. The fourth-order valence-electron chi connectivity index (χ4n) is 3.20. The van der Waals surface area contributed by atoms with Crippen molar-refractivity contribution in [2.75, 3.05) is 38.1 Å². The van der Waals surface area contributed by atoms with Crippen molar-refractivity contribution in [1.82, 2.24) is 9.88 Å². The van der Waals surface area contributed by atoms with Gasteiger partial charge in [-0.15, -0.1) is 0 Å². The van der Waals surface area contributed by atoms with Gasteiger partial charge < -0.3 is 25.1 Å². The van der Waals surface area contributed by atoms with Crippen molar-refractivity contribution in [3.63, 3.8) is 0 Å². The first-order valence-corrected chi connectivity index (χ1v) is 11.3. The molecule has 0 aliphatic carbocycles. The van der Waals surface area contributed by atoms with E-state index in [-0.39, 0.29) is 0 Å². The maximum Gasteiger partial charge on any atom is 0.490 e. The minimum Gasteiger partial charge on any atom is -0.475 e. The second-order valence-corrected chi connectivity index (χ2v) is 8.58. The highest BCUT2D eigenvalue weighted by Crippen LogP contribution is 2.50. The number of aliphatic carboxylic acids is 2. The number of hydrogen-bond acceptors (Lipinski definition) is 6. The molecule has 2 heterocycles. The summed E-state index contributed by atoms with van der Waals surface area (Å²) in [4.78, 5) is 26.3. The van der Waals surface area contributed by atoms with Crippen LogP contribution in [-0.4, -0.2) is 95.1 Å². The van der Waals surface area contributed by atoms with Crippen LogP contribution in [0.4, 0.5) is 58.5 Å². The Morgan fingerprint density at radius 2 is 1.09 bits per heavy atom. The van der Waals surface area contributed by atoms with Gasteiger partial charge in [0.25, 0.3) is 5.60 Å². The first kappa shape index (κ1) is 37.2. The van der Waals surface area contributed by atoms with Gasteiger partial charge >= 0.3 is 36.6 Å². The molecule has 0 saturated carbocycles. The fourth-order valence-corrected chi connectivity index (χ4v) is 3.20. The van der Waals surface area contributed by atoms with Crippen LogP contribution in [0.2, 0.25) is 0 Å². The van der Waals surface area contributed by atoms with Crippen molar-refractivity contribution in [3.8, 4) is 11.1 Å². The summed E-state index contributed by atoms with van der Waals surface area (Å²) in [6.07, 6.45) is -20.4. The van der Waals surface area contributed by atoms with Crippen LogP contribution in [0.1, 0.15) is 5.56 Å². The van der Waals surface area contributed by atoms with E-state index >= 15 is 0 Å². The Balaban J connectivity index is 0.000000548. The second kappa shape index (κ2) is 13.7. The quantitative estimate of drug-likeness (QED) is 0.396. The molecule has 0 unspecified atom stereocenters. The topological polar surface area (TPSA) is 114 Å². The number of benzene rings is 1. The number of halogens is 12. The van der Waals surface area contributed by atoms with Gasteiger partial charge in [0.2, 0.25) is 0 Å². The Morgan fingerprint density at radius 3 is 1.44 bits per heavy atom. The molecule has 0 spiro atoms. The normalized spacial score (nSPS) is 15.1. The first-order chi connectivity index (χ1) is 19.3. The number of rotatable bonds is 3. The third kappa shape index (κ3) is 10.2. The van der Waals surface area contributed by atoms with E-state index < -0.39 is 47.8 Å². The van der Waals surface area contributed by atoms with Gasteiger partial charge in [0, 0.05) is 37.9 Å². The number of nitrogens with zero attached hydrogens (tertiary/aromatic N) is 3. The molecule has 3 rings (SSSR count). The first-order valence-electron chi connectivity index (χ1n) is 11.3. The maximum atomic E-state index is 13.0. The van der Waals surface area contributed by atoms with Crippen LogP contribution < -0.4 is 4.90 Å². The van der Waals surface area contributed by atoms with Crippen LogP contribution >= 0.6 is 0 Å². The largest absolute Gasteiger partial charge is 0.490 e. The monoisotopic (exact) mass is 647 g/mol. The van der Waals surface area contributed by atoms with Crippen molar-refractivity contribution in [2.24, 2.45) is 0 Å².